The number of aromatic amines is 1. The maximum atomic E-state index is 12.7. The summed E-state index contributed by atoms with van der Waals surface area (Å²) in [5, 5.41) is 9.79. The lowest BCUT2D eigenvalue weighted by Crippen LogP contribution is -2.43. The first-order chi connectivity index (χ1) is 12.6. The molecule has 0 aromatic carbocycles. The molecule has 1 aliphatic rings. The molecule has 1 saturated carbocycles. The van der Waals surface area contributed by atoms with Crippen molar-refractivity contribution >= 4 is 11.4 Å². The first kappa shape index (κ1) is 16.6. The van der Waals surface area contributed by atoms with Crippen molar-refractivity contribution in [2.75, 3.05) is 0 Å². The van der Waals surface area contributed by atoms with E-state index in [2.05, 4.69) is 20.5 Å². The van der Waals surface area contributed by atoms with Crippen molar-refractivity contribution in [2.45, 2.75) is 38.1 Å². The van der Waals surface area contributed by atoms with E-state index >= 15 is 0 Å². The van der Waals surface area contributed by atoms with Gasteiger partial charge < -0.3 is 9.72 Å². The molecule has 0 unspecified atom stereocenters. The van der Waals surface area contributed by atoms with Crippen LogP contribution in [0.4, 0.5) is 0 Å². The van der Waals surface area contributed by atoms with E-state index in [0.29, 0.717) is 12.0 Å². The van der Waals surface area contributed by atoms with Gasteiger partial charge in [-0.2, -0.15) is 5.10 Å². The first-order valence-electron chi connectivity index (χ1n) is 8.94. The quantitative estimate of drug-likeness (QED) is 0.738. The number of hydrogen-bond acceptors (Lipinski definition) is 4. The highest BCUT2D eigenvalue weighted by atomic mass is 16.2. The average Bonchev–Trinajstić information content (AvgIpc) is 3.24. The molecule has 0 radical (unpaired) electrons. The van der Waals surface area contributed by atoms with Crippen molar-refractivity contribution in [2.24, 2.45) is 13.0 Å². The number of pyridine rings is 1. The monoisotopic (exact) mass is 354 g/mol. The number of rotatable bonds is 4. The molecular weight excluding hydrogens is 332 g/mol. The zero-order chi connectivity index (χ0) is 18.1. The third-order valence-corrected chi connectivity index (χ3v) is 5.32. The van der Waals surface area contributed by atoms with Crippen LogP contribution in [-0.4, -0.2) is 36.1 Å². The second kappa shape index (κ2) is 6.78. The van der Waals surface area contributed by atoms with E-state index in [0.717, 1.165) is 37.0 Å². The van der Waals surface area contributed by atoms with Crippen molar-refractivity contribution < 1.29 is 4.79 Å². The molecular formula is C18H22N6O2. The number of H-pyrrole nitrogens is 1. The van der Waals surface area contributed by atoms with Crippen LogP contribution < -0.4 is 11.0 Å². The van der Waals surface area contributed by atoms with Gasteiger partial charge in [0.15, 0.2) is 0 Å². The SMILES string of the molecule is Cn1c(C[C@H]2CCCC[C@H]2NC(=O)c2ccn3cncc3c2)n[nH]c1=O. The molecule has 3 aromatic heterocycles. The fourth-order valence-electron chi connectivity index (χ4n) is 3.75. The van der Waals surface area contributed by atoms with Gasteiger partial charge >= 0.3 is 5.69 Å². The maximum absolute atomic E-state index is 12.7. The van der Waals surface area contributed by atoms with Gasteiger partial charge in [0.1, 0.15) is 5.82 Å². The van der Waals surface area contributed by atoms with Gasteiger partial charge in [-0.1, -0.05) is 12.8 Å². The summed E-state index contributed by atoms with van der Waals surface area (Å²) in [4.78, 5) is 28.4. The number of carbonyl (C=O) groups is 1. The number of imidazole rings is 1. The number of hydrogen-bond donors (Lipinski definition) is 2. The molecule has 0 spiro atoms. The predicted octanol–water partition coefficient (Wildman–Crippen LogP) is 1.29. The largest absolute Gasteiger partial charge is 0.349 e. The third-order valence-electron chi connectivity index (χ3n) is 5.32. The van der Waals surface area contributed by atoms with Crippen molar-refractivity contribution in [1.82, 2.24) is 29.5 Å². The lowest BCUT2D eigenvalue weighted by molar-refractivity contribution is 0.0905. The zero-order valence-corrected chi connectivity index (χ0v) is 14.7. The molecule has 8 heteroatoms. The molecule has 0 saturated heterocycles. The number of fused-ring (bicyclic) bond motifs is 1. The van der Waals surface area contributed by atoms with Crippen LogP contribution in [0.25, 0.3) is 5.52 Å². The van der Waals surface area contributed by atoms with Crippen LogP contribution >= 0.6 is 0 Å². The van der Waals surface area contributed by atoms with E-state index < -0.39 is 0 Å². The fourth-order valence-corrected chi connectivity index (χ4v) is 3.75. The molecule has 1 fully saturated rings. The third kappa shape index (κ3) is 3.14. The molecule has 0 bridgehead atoms. The van der Waals surface area contributed by atoms with E-state index in [4.69, 9.17) is 0 Å². The second-order valence-electron chi connectivity index (χ2n) is 6.97. The Hall–Kier alpha value is -2.90. The highest BCUT2D eigenvalue weighted by Crippen LogP contribution is 2.27. The molecule has 2 atom stereocenters. The molecule has 0 aliphatic heterocycles. The van der Waals surface area contributed by atoms with Crippen LogP contribution in [0.2, 0.25) is 0 Å². The van der Waals surface area contributed by atoms with Crippen LogP contribution in [0, 0.1) is 5.92 Å². The van der Waals surface area contributed by atoms with Crippen LogP contribution in [0.3, 0.4) is 0 Å². The van der Waals surface area contributed by atoms with Crippen LogP contribution in [-0.2, 0) is 13.5 Å². The molecule has 2 N–H and O–H groups in total. The Morgan fingerprint density at radius 3 is 3.04 bits per heavy atom. The van der Waals surface area contributed by atoms with Gasteiger partial charge in [0, 0.05) is 31.3 Å². The minimum Gasteiger partial charge on any atom is -0.349 e. The summed E-state index contributed by atoms with van der Waals surface area (Å²) >= 11 is 0. The molecule has 3 aromatic rings. The first-order valence-corrected chi connectivity index (χ1v) is 8.94. The Labute approximate surface area is 150 Å². The zero-order valence-electron chi connectivity index (χ0n) is 14.7. The lowest BCUT2D eigenvalue weighted by Gasteiger charge is -2.32. The average molecular weight is 354 g/mol. The number of aromatic nitrogens is 5. The highest BCUT2D eigenvalue weighted by Gasteiger charge is 2.28. The Morgan fingerprint density at radius 1 is 1.38 bits per heavy atom. The Bertz CT molecular complexity index is 985. The normalized spacial score (nSPS) is 20.3. The number of carbonyl (C=O) groups excluding carboxylic acids is 1. The van der Waals surface area contributed by atoms with Crippen molar-refractivity contribution in [3.63, 3.8) is 0 Å². The smallest absolute Gasteiger partial charge is 0.343 e. The van der Waals surface area contributed by atoms with Gasteiger partial charge in [0.05, 0.1) is 18.0 Å². The standard InChI is InChI=1S/C18H22N6O2/c1-23-16(21-22-18(23)26)9-12-4-2-3-5-15(12)20-17(25)13-6-7-24-11-19-10-14(24)8-13/h6-8,10-12,15H,2-5,9H2,1H3,(H,20,25)(H,22,26)/t12-,15-/m1/s1. The summed E-state index contributed by atoms with van der Waals surface area (Å²) in [6, 6.07) is 3.74. The molecule has 3 heterocycles. The topological polar surface area (TPSA) is 97.1 Å². The van der Waals surface area contributed by atoms with Gasteiger partial charge in [-0.05, 0) is 30.9 Å². The summed E-state index contributed by atoms with van der Waals surface area (Å²) in [6.07, 6.45) is 10.2. The summed E-state index contributed by atoms with van der Waals surface area (Å²) < 4.78 is 3.42. The minimum atomic E-state index is -0.203. The fraction of sp³-hybridized carbons (Fsp3) is 0.444. The highest BCUT2D eigenvalue weighted by molar-refractivity contribution is 5.95. The van der Waals surface area contributed by atoms with E-state index in [1.807, 2.05) is 16.7 Å². The van der Waals surface area contributed by atoms with Crippen molar-refractivity contribution in [3.05, 3.63) is 52.7 Å². The van der Waals surface area contributed by atoms with E-state index in [9.17, 15) is 9.59 Å². The van der Waals surface area contributed by atoms with Gasteiger partial charge in [-0.15, -0.1) is 0 Å². The molecule has 8 nitrogen and oxygen atoms in total. The minimum absolute atomic E-state index is 0.0680. The van der Waals surface area contributed by atoms with E-state index in [1.54, 1.807) is 30.2 Å². The summed E-state index contributed by atoms with van der Waals surface area (Å²) in [6.45, 7) is 0. The molecule has 4 rings (SSSR count). The molecule has 136 valence electrons. The predicted molar refractivity (Wildman–Crippen MR) is 95.9 cm³/mol. The van der Waals surface area contributed by atoms with Crippen LogP contribution in [0.5, 0.6) is 0 Å². The summed E-state index contributed by atoms with van der Waals surface area (Å²) in [5.41, 5.74) is 1.32. The lowest BCUT2D eigenvalue weighted by atomic mass is 9.82. The van der Waals surface area contributed by atoms with Gasteiger partial charge in [0.2, 0.25) is 0 Å². The van der Waals surface area contributed by atoms with Crippen molar-refractivity contribution in [1.29, 1.82) is 0 Å². The Balaban J connectivity index is 1.49. The number of nitrogens with zero attached hydrogens (tertiary/aromatic N) is 4. The summed E-state index contributed by atoms with van der Waals surface area (Å²) in [7, 11) is 1.72. The van der Waals surface area contributed by atoms with E-state index in [1.165, 1.54) is 0 Å². The van der Waals surface area contributed by atoms with Crippen LogP contribution in [0.1, 0.15) is 41.9 Å². The summed E-state index contributed by atoms with van der Waals surface area (Å²) in [5.74, 6) is 0.948. The van der Waals surface area contributed by atoms with Crippen molar-refractivity contribution in [3.8, 4) is 0 Å². The molecule has 1 aliphatic carbocycles. The maximum Gasteiger partial charge on any atom is 0.343 e. The number of nitrogens with one attached hydrogen (secondary N) is 2. The Kier molecular flexibility index (Phi) is 4.32. The molecule has 1 amide bonds. The second-order valence-corrected chi connectivity index (χ2v) is 6.97. The van der Waals surface area contributed by atoms with Crippen LogP contribution in [0.15, 0.2) is 35.6 Å². The van der Waals surface area contributed by atoms with Gasteiger partial charge in [0.25, 0.3) is 5.91 Å². The van der Waals surface area contributed by atoms with E-state index in [-0.39, 0.29) is 23.6 Å². The van der Waals surface area contributed by atoms with Gasteiger partial charge in [-0.25, -0.2) is 14.9 Å². The Morgan fingerprint density at radius 2 is 2.23 bits per heavy atom. The molecule has 26 heavy (non-hydrogen) atoms. The van der Waals surface area contributed by atoms with Gasteiger partial charge in [-0.3, -0.25) is 9.36 Å². The number of amides is 1.